The fourth-order valence-electron chi connectivity index (χ4n) is 3.08. The van der Waals surface area contributed by atoms with Crippen LogP contribution in [-0.4, -0.2) is 18.8 Å². The molecule has 3 aliphatic heterocycles. The maximum absolute atomic E-state index is 12.7. The molecule has 0 radical (unpaired) electrons. The van der Waals surface area contributed by atoms with Crippen LogP contribution in [0, 0.1) is 5.41 Å². The van der Waals surface area contributed by atoms with E-state index in [1.165, 1.54) is 12.8 Å². The molecule has 1 saturated carbocycles. The third-order valence-corrected chi connectivity index (χ3v) is 13.3. The maximum atomic E-state index is 12.7. The SMILES string of the molecule is CC(C)(C)C1(OC(=O)C2(C34NI3N4)N[I-]2)CCCC1. The Bertz CT molecular complexity index is 446. The molecule has 7 heteroatoms. The molecule has 0 amide bonds. The van der Waals surface area contributed by atoms with Gasteiger partial charge in [-0.3, -0.25) is 0 Å². The Morgan fingerprint density at radius 3 is 2.16 bits per heavy atom. The van der Waals surface area contributed by atoms with Gasteiger partial charge in [0.25, 0.3) is 0 Å². The van der Waals surface area contributed by atoms with Crippen LogP contribution in [0.4, 0.5) is 0 Å². The predicted molar refractivity (Wildman–Crippen MR) is 75.6 cm³/mol. The average Bonchev–Trinajstić information content (AvgIpc) is 3.14. The topological polar surface area (TPSA) is 92.1 Å². The summed E-state index contributed by atoms with van der Waals surface area (Å²) >= 11 is -1.32. The van der Waals surface area contributed by atoms with Crippen molar-refractivity contribution < 1.29 is 31.0 Å². The Kier molecular flexibility index (Phi) is 2.67. The van der Waals surface area contributed by atoms with E-state index in [9.17, 15) is 4.79 Å². The molecule has 1 aliphatic carbocycles. The van der Waals surface area contributed by atoms with Crippen LogP contribution in [0.25, 0.3) is 0 Å². The van der Waals surface area contributed by atoms with Crippen molar-refractivity contribution in [3.05, 3.63) is 0 Å². The number of hydrogen-bond acceptors (Lipinski definition) is 5. The Hall–Kier alpha value is 0.810. The van der Waals surface area contributed by atoms with E-state index in [1.54, 1.807) is 0 Å². The Morgan fingerprint density at radius 1 is 1.26 bits per heavy atom. The fraction of sp³-hybridized carbons (Fsp3) is 0.917. The van der Waals surface area contributed by atoms with Gasteiger partial charge >= 0.3 is 133 Å². The number of halogens is 2. The van der Waals surface area contributed by atoms with E-state index in [1.807, 2.05) is 0 Å². The third-order valence-electron chi connectivity index (χ3n) is 4.77. The number of nitrogens with one attached hydrogen (secondary N) is 3. The number of carbonyl (C=O) groups is 1. The van der Waals surface area contributed by atoms with Crippen molar-refractivity contribution in [3.8, 4) is 0 Å². The minimum absolute atomic E-state index is 0.0226. The molecule has 4 fully saturated rings. The number of fused-ring (bicyclic) bond motifs is 1. The summed E-state index contributed by atoms with van der Waals surface area (Å²) in [5.74, 6) is 0.0226. The van der Waals surface area contributed by atoms with Gasteiger partial charge in [0.05, 0.1) is 0 Å². The zero-order valence-electron chi connectivity index (χ0n) is 11.4. The molecule has 0 aromatic rings. The molecule has 4 aliphatic rings. The average molecular weight is 492 g/mol. The number of rotatable bonds is 3. The summed E-state index contributed by atoms with van der Waals surface area (Å²) in [5, 5.41) is 0. The second kappa shape index (κ2) is 3.76. The van der Waals surface area contributed by atoms with Crippen LogP contribution in [0.2, 0.25) is 0 Å². The van der Waals surface area contributed by atoms with Crippen LogP contribution in [0.3, 0.4) is 0 Å². The molecule has 1 unspecified atom stereocenters. The molecule has 5 nitrogen and oxygen atoms in total. The summed E-state index contributed by atoms with van der Waals surface area (Å²) in [4.78, 5) is 12.7. The molecule has 0 aromatic carbocycles. The fourth-order valence-corrected chi connectivity index (χ4v) is 13.1. The summed E-state index contributed by atoms with van der Waals surface area (Å²) in [5.41, 5.74) is -0.220. The molecular weight excluding hydrogens is 472 g/mol. The minimum atomic E-state index is -1.09. The van der Waals surface area contributed by atoms with Gasteiger partial charge in [0.1, 0.15) is 0 Å². The molecule has 0 aromatic heterocycles. The number of alkyl halides is 2. The van der Waals surface area contributed by atoms with Crippen LogP contribution in [0.5, 0.6) is 0 Å². The number of hydrogen-bond donors (Lipinski definition) is 3. The van der Waals surface area contributed by atoms with Gasteiger partial charge in [-0.05, 0) is 0 Å². The monoisotopic (exact) mass is 492 g/mol. The molecule has 110 valence electrons. The molecule has 1 atom stereocenters. The van der Waals surface area contributed by atoms with E-state index in [-0.39, 0.29) is 45.7 Å². The first-order valence-electron chi connectivity index (χ1n) is 6.76. The molecule has 0 spiro atoms. The van der Waals surface area contributed by atoms with Crippen molar-refractivity contribution in [3.63, 3.8) is 0 Å². The predicted octanol–water partition coefficient (Wildman–Crippen LogP) is -1.61. The van der Waals surface area contributed by atoms with Gasteiger partial charge in [0.2, 0.25) is 0 Å². The second-order valence-electron chi connectivity index (χ2n) is 6.82. The van der Waals surface area contributed by atoms with Gasteiger partial charge in [-0.15, -0.1) is 0 Å². The van der Waals surface area contributed by atoms with Crippen molar-refractivity contribution in [2.75, 3.05) is 0 Å². The van der Waals surface area contributed by atoms with Gasteiger partial charge in [-0.25, -0.2) is 0 Å². The first kappa shape index (κ1) is 13.5. The number of carbonyl (C=O) groups excluding carboxylic acids is 1. The molecule has 0 bridgehead atoms. The molecule has 19 heavy (non-hydrogen) atoms. The van der Waals surface area contributed by atoms with E-state index >= 15 is 0 Å². The van der Waals surface area contributed by atoms with Crippen molar-refractivity contribution in [1.29, 1.82) is 0 Å². The standard InChI is InChI=1S/C12H20I2N3O2/c1-9(2,3)10(6-4-5-7-10)19-8(18)11(13-15-11)12-14(16-12)17-12/h15-17H,4-7H2,1-3H3/q-1. The summed E-state index contributed by atoms with van der Waals surface area (Å²) < 4.78 is 16.2. The second-order valence-corrected chi connectivity index (χ2v) is 13.8. The molecule has 3 saturated heterocycles. The third kappa shape index (κ3) is 1.71. The van der Waals surface area contributed by atoms with Gasteiger partial charge in [0.15, 0.2) is 0 Å². The van der Waals surface area contributed by atoms with E-state index in [2.05, 4.69) is 31.4 Å². The van der Waals surface area contributed by atoms with Crippen LogP contribution in [-0.2, 0) is 9.53 Å². The first-order chi connectivity index (χ1) is 8.85. The van der Waals surface area contributed by atoms with E-state index in [4.69, 9.17) is 4.74 Å². The number of ether oxygens (including phenoxy) is 1. The van der Waals surface area contributed by atoms with Gasteiger partial charge in [0, 0.05) is 0 Å². The summed E-state index contributed by atoms with van der Waals surface area (Å²) in [7, 11) is 0. The first-order valence-corrected chi connectivity index (χ1v) is 12.2. The Morgan fingerprint density at radius 2 is 1.79 bits per heavy atom. The molecule has 3 heterocycles. The molecule has 3 N–H and O–H groups in total. The summed E-state index contributed by atoms with van der Waals surface area (Å²) in [6.45, 7) is 6.61. The van der Waals surface area contributed by atoms with Gasteiger partial charge in [-0.1, -0.05) is 0 Å². The van der Waals surface area contributed by atoms with E-state index in [0.717, 1.165) is 12.8 Å². The van der Waals surface area contributed by atoms with Crippen molar-refractivity contribution in [2.24, 2.45) is 5.41 Å². The quantitative estimate of drug-likeness (QED) is 0.110. The van der Waals surface area contributed by atoms with Crippen LogP contribution < -0.4 is 32.1 Å². The van der Waals surface area contributed by atoms with Crippen molar-refractivity contribution in [2.45, 2.75) is 59.3 Å². The van der Waals surface area contributed by atoms with Crippen LogP contribution in [0.15, 0.2) is 0 Å². The number of esters is 1. The van der Waals surface area contributed by atoms with Gasteiger partial charge < -0.3 is 0 Å². The summed E-state index contributed by atoms with van der Waals surface area (Å²) in [6.07, 6.45) is 4.40. The van der Waals surface area contributed by atoms with Crippen molar-refractivity contribution >= 4 is 26.3 Å². The molecular formula is C12H20I2N3O2-. The van der Waals surface area contributed by atoms with E-state index < -0.39 is 20.4 Å². The van der Waals surface area contributed by atoms with Crippen LogP contribution >= 0.6 is 20.4 Å². The van der Waals surface area contributed by atoms with Crippen LogP contribution in [0.1, 0.15) is 46.5 Å². The van der Waals surface area contributed by atoms with Gasteiger partial charge in [-0.2, -0.15) is 0 Å². The summed E-state index contributed by atoms with van der Waals surface area (Å²) in [6, 6.07) is 0. The normalized spacial score (nSPS) is 39.0. The Balaban J connectivity index is 1.55. The Labute approximate surface area is 132 Å². The zero-order valence-corrected chi connectivity index (χ0v) is 15.7. The zero-order chi connectivity index (χ0) is 13.5. The molecule has 4 rings (SSSR count). The van der Waals surface area contributed by atoms with E-state index in [0.29, 0.717) is 0 Å². The van der Waals surface area contributed by atoms with Crippen molar-refractivity contribution in [1.82, 2.24) is 10.6 Å².